The van der Waals surface area contributed by atoms with Gasteiger partial charge in [0.25, 0.3) is 5.91 Å². The van der Waals surface area contributed by atoms with Crippen LogP contribution in [0.2, 0.25) is 0 Å². The molecule has 4 bridgehead atoms. The van der Waals surface area contributed by atoms with Crippen molar-refractivity contribution < 1.29 is 9.18 Å². The largest absolute Gasteiger partial charge is 0.363 e. The van der Waals surface area contributed by atoms with Gasteiger partial charge in [0.2, 0.25) is 0 Å². The molecule has 0 aliphatic carbocycles. The number of rotatable bonds is 0. The molecule has 5 heterocycles. The Kier molecular flexibility index (Phi) is 3.63. The Balaban J connectivity index is 1.68. The summed E-state index contributed by atoms with van der Waals surface area (Å²) in [5.41, 5.74) is 3.17. The molecule has 2 aromatic heterocycles. The molecule has 0 spiro atoms. The maximum atomic E-state index is 14.0. The van der Waals surface area contributed by atoms with E-state index < -0.39 is 0 Å². The number of carbonyl (C=O) groups excluding carboxylic acids is 1. The summed E-state index contributed by atoms with van der Waals surface area (Å²) < 4.78 is 15.6. The van der Waals surface area contributed by atoms with E-state index in [9.17, 15) is 9.18 Å². The van der Waals surface area contributed by atoms with Crippen LogP contribution < -0.4 is 5.32 Å². The first-order valence-electron chi connectivity index (χ1n) is 9.29. The second-order valence-electron chi connectivity index (χ2n) is 7.34. The lowest BCUT2D eigenvalue weighted by Gasteiger charge is -2.33. The Morgan fingerprint density at radius 3 is 2.81 bits per heavy atom. The maximum Gasteiger partial charge on any atom is 0.259 e. The molecule has 1 amide bonds. The van der Waals surface area contributed by atoms with Crippen LogP contribution in [-0.4, -0.2) is 38.5 Å². The molecule has 1 N–H and O–H groups in total. The van der Waals surface area contributed by atoms with Gasteiger partial charge in [-0.1, -0.05) is 6.07 Å². The van der Waals surface area contributed by atoms with Crippen LogP contribution in [0.1, 0.15) is 53.2 Å². The summed E-state index contributed by atoms with van der Waals surface area (Å²) >= 11 is 0. The number of nitrogens with one attached hydrogen (secondary N) is 1. The SMILES string of the molecule is C[C@H]1Nc2ccn3ncc(c3n2)C(=O)N2CCC(CC2)c2ccc(F)cc21. The van der Waals surface area contributed by atoms with Crippen molar-refractivity contribution in [1.29, 1.82) is 0 Å². The molecule has 138 valence electrons. The molecule has 1 fully saturated rings. The second kappa shape index (κ2) is 6.04. The molecule has 7 heteroatoms. The number of halogens is 1. The molecule has 0 unspecified atom stereocenters. The lowest BCUT2D eigenvalue weighted by atomic mass is 9.84. The molecular weight excluding hydrogens is 345 g/mol. The minimum atomic E-state index is -0.235. The van der Waals surface area contributed by atoms with E-state index in [0.29, 0.717) is 36.0 Å². The summed E-state index contributed by atoms with van der Waals surface area (Å²) in [4.78, 5) is 19.5. The van der Waals surface area contributed by atoms with E-state index in [-0.39, 0.29) is 17.8 Å². The minimum absolute atomic E-state index is 0.0280. The van der Waals surface area contributed by atoms with E-state index in [1.807, 2.05) is 24.0 Å². The molecule has 1 atom stereocenters. The van der Waals surface area contributed by atoms with Crippen molar-refractivity contribution in [3.8, 4) is 0 Å². The number of piperidine rings is 1. The predicted molar refractivity (Wildman–Crippen MR) is 99.3 cm³/mol. The highest BCUT2D eigenvalue weighted by Crippen LogP contribution is 2.35. The summed E-state index contributed by atoms with van der Waals surface area (Å²) in [6, 6.07) is 6.76. The van der Waals surface area contributed by atoms with Crippen LogP contribution in [0.3, 0.4) is 0 Å². The zero-order valence-corrected chi connectivity index (χ0v) is 15.0. The molecule has 1 saturated heterocycles. The number of hydrogen-bond acceptors (Lipinski definition) is 4. The van der Waals surface area contributed by atoms with Gasteiger partial charge >= 0.3 is 0 Å². The van der Waals surface area contributed by atoms with Crippen molar-refractivity contribution in [3.05, 3.63) is 59.2 Å². The Morgan fingerprint density at radius 2 is 2.00 bits per heavy atom. The van der Waals surface area contributed by atoms with Crippen molar-refractivity contribution in [2.75, 3.05) is 18.4 Å². The number of nitrogens with zero attached hydrogens (tertiary/aromatic N) is 4. The predicted octanol–water partition coefficient (Wildman–Crippen LogP) is 3.37. The van der Waals surface area contributed by atoms with E-state index in [4.69, 9.17) is 0 Å². The third-order valence-corrected chi connectivity index (χ3v) is 5.70. The van der Waals surface area contributed by atoms with E-state index >= 15 is 0 Å². The molecule has 0 radical (unpaired) electrons. The van der Waals surface area contributed by atoms with E-state index in [1.165, 1.54) is 6.07 Å². The highest BCUT2D eigenvalue weighted by molar-refractivity contribution is 5.99. The van der Waals surface area contributed by atoms with E-state index in [2.05, 4.69) is 15.4 Å². The highest BCUT2D eigenvalue weighted by atomic mass is 19.1. The molecule has 3 aliphatic heterocycles. The summed E-state index contributed by atoms with van der Waals surface area (Å²) in [5, 5.41) is 7.63. The van der Waals surface area contributed by atoms with Crippen LogP contribution in [0.15, 0.2) is 36.7 Å². The number of aromatic nitrogens is 3. The van der Waals surface area contributed by atoms with Gasteiger partial charge in [-0.05, 0) is 55.0 Å². The van der Waals surface area contributed by atoms with E-state index in [1.54, 1.807) is 23.0 Å². The van der Waals surface area contributed by atoms with Gasteiger partial charge in [-0.2, -0.15) is 5.10 Å². The topological polar surface area (TPSA) is 62.5 Å². The van der Waals surface area contributed by atoms with Gasteiger partial charge in [0.1, 0.15) is 17.2 Å². The average molecular weight is 365 g/mol. The zero-order valence-electron chi connectivity index (χ0n) is 15.0. The quantitative estimate of drug-likeness (QED) is 0.663. The fourth-order valence-electron chi connectivity index (χ4n) is 4.26. The molecule has 6 rings (SSSR count). The molecular formula is C20H20FN5O. The summed E-state index contributed by atoms with van der Waals surface area (Å²) in [6.07, 6.45) is 5.11. The number of carbonyl (C=O) groups is 1. The third-order valence-electron chi connectivity index (χ3n) is 5.70. The van der Waals surface area contributed by atoms with Gasteiger partial charge in [-0.3, -0.25) is 4.79 Å². The summed E-state index contributed by atoms with van der Waals surface area (Å²) in [7, 11) is 0. The van der Waals surface area contributed by atoms with Gasteiger partial charge in [0.05, 0.1) is 12.2 Å². The van der Waals surface area contributed by atoms with Gasteiger partial charge in [0.15, 0.2) is 5.65 Å². The van der Waals surface area contributed by atoms with E-state index in [0.717, 1.165) is 24.0 Å². The van der Waals surface area contributed by atoms with Crippen molar-refractivity contribution in [2.45, 2.75) is 31.7 Å². The molecule has 0 saturated carbocycles. The van der Waals surface area contributed by atoms with Gasteiger partial charge < -0.3 is 10.2 Å². The van der Waals surface area contributed by atoms with Crippen LogP contribution >= 0.6 is 0 Å². The monoisotopic (exact) mass is 365 g/mol. The number of hydrogen-bond donors (Lipinski definition) is 1. The van der Waals surface area contributed by atoms with Gasteiger partial charge in [0, 0.05) is 19.3 Å². The number of fused-ring (bicyclic) bond motifs is 3. The Hall–Kier alpha value is -2.96. The fraction of sp³-hybridized carbons (Fsp3) is 0.350. The minimum Gasteiger partial charge on any atom is -0.363 e. The highest BCUT2D eigenvalue weighted by Gasteiger charge is 2.29. The lowest BCUT2D eigenvalue weighted by Crippen LogP contribution is -2.38. The summed E-state index contributed by atoms with van der Waals surface area (Å²) in [6.45, 7) is 3.37. The normalized spacial score (nSPS) is 22.1. The number of anilines is 1. The van der Waals surface area contributed by atoms with Crippen molar-refractivity contribution in [3.63, 3.8) is 0 Å². The van der Waals surface area contributed by atoms with Crippen LogP contribution in [0.4, 0.5) is 10.2 Å². The van der Waals surface area contributed by atoms with Crippen LogP contribution in [0, 0.1) is 5.82 Å². The standard InChI is InChI=1S/C20H20FN5O/c1-12-16-10-14(21)2-3-15(16)13-4-7-25(8-5-13)20(27)17-11-22-26-9-6-18(23-12)24-19(17)26/h2-3,6,9-13H,4-5,7-8H2,1H3,(H,23,24)/t12-/m1/s1. The van der Waals surface area contributed by atoms with Crippen LogP contribution in [0.5, 0.6) is 0 Å². The zero-order chi connectivity index (χ0) is 18.5. The van der Waals surface area contributed by atoms with Gasteiger partial charge in [-0.15, -0.1) is 0 Å². The molecule has 3 aliphatic rings. The average Bonchev–Trinajstić information content (AvgIpc) is 3.10. The third kappa shape index (κ3) is 2.65. The smallest absolute Gasteiger partial charge is 0.259 e. The maximum absolute atomic E-state index is 14.0. The second-order valence-corrected chi connectivity index (χ2v) is 7.34. The first-order valence-corrected chi connectivity index (χ1v) is 9.29. The van der Waals surface area contributed by atoms with Crippen molar-refractivity contribution >= 4 is 17.4 Å². The van der Waals surface area contributed by atoms with Crippen LogP contribution in [0.25, 0.3) is 5.65 Å². The molecule has 3 aromatic rings. The first kappa shape index (κ1) is 16.2. The Labute approximate surface area is 156 Å². The molecule has 27 heavy (non-hydrogen) atoms. The van der Waals surface area contributed by atoms with Gasteiger partial charge in [-0.25, -0.2) is 13.9 Å². The van der Waals surface area contributed by atoms with Crippen molar-refractivity contribution in [2.24, 2.45) is 0 Å². The molecule has 1 aromatic carbocycles. The number of benzene rings is 1. The first-order chi connectivity index (χ1) is 13.1. The lowest BCUT2D eigenvalue weighted by molar-refractivity contribution is 0.0714. The Bertz CT molecular complexity index is 1040. The summed E-state index contributed by atoms with van der Waals surface area (Å²) in [5.74, 6) is 0.694. The fourth-order valence-corrected chi connectivity index (χ4v) is 4.26. The van der Waals surface area contributed by atoms with Crippen molar-refractivity contribution in [1.82, 2.24) is 19.5 Å². The Morgan fingerprint density at radius 1 is 1.19 bits per heavy atom. The van der Waals surface area contributed by atoms with Crippen LogP contribution in [-0.2, 0) is 0 Å². The number of amides is 1. The molecule has 6 nitrogen and oxygen atoms in total.